The maximum atomic E-state index is 12.4. The van der Waals surface area contributed by atoms with E-state index >= 15 is 0 Å². The molecule has 0 aliphatic rings. The first kappa shape index (κ1) is 20.9. The van der Waals surface area contributed by atoms with Crippen molar-refractivity contribution in [2.24, 2.45) is 0 Å². The van der Waals surface area contributed by atoms with Crippen LogP contribution in [0, 0.1) is 0 Å². The van der Waals surface area contributed by atoms with E-state index in [0.717, 1.165) is 63.0 Å². The fourth-order valence-electron chi connectivity index (χ4n) is 3.70. The maximum Gasteiger partial charge on any atom is 0.143 e. The second-order valence-corrected chi connectivity index (χ2v) is 9.43. The molecule has 0 aliphatic heterocycles. The fraction of sp³-hybridized carbons (Fsp3) is 0.292. The Bertz CT molecular complexity index is 1220. The monoisotopic (exact) mass is 440 g/mol. The van der Waals surface area contributed by atoms with Gasteiger partial charge in [-0.3, -0.25) is 4.21 Å². The number of fused-ring (bicyclic) bond motifs is 3. The van der Waals surface area contributed by atoms with Crippen molar-refractivity contribution >= 4 is 44.3 Å². The highest BCUT2D eigenvalue weighted by Crippen LogP contribution is 2.39. The number of hydrogen-bond donors (Lipinski definition) is 1. The molecule has 0 bridgehead atoms. The molecule has 156 valence electrons. The summed E-state index contributed by atoms with van der Waals surface area (Å²) in [6.07, 6.45) is 4.97. The zero-order chi connectivity index (χ0) is 21.1. The van der Waals surface area contributed by atoms with Gasteiger partial charge in [0.25, 0.3) is 0 Å². The number of aromatic amines is 1. The van der Waals surface area contributed by atoms with Gasteiger partial charge in [0.15, 0.2) is 0 Å². The molecule has 0 radical (unpaired) electrons. The molecular weight excluding hydrogens is 416 g/mol. The summed E-state index contributed by atoms with van der Waals surface area (Å²) < 4.78 is 18.5. The van der Waals surface area contributed by atoms with E-state index in [1.54, 1.807) is 6.20 Å². The number of aromatic nitrogens is 2. The Kier molecular flexibility index (Phi) is 6.40. The molecule has 1 atom stereocenters. The Morgan fingerprint density at radius 1 is 1.13 bits per heavy atom. The first-order valence-corrected chi connectivity index (χ1v) is 12.0. The summed E-state index contributed by atoms with van der Waals surface area (Å²) in [5.74, 6) is 1.41. The number of unbranched alkanes of at least 4 members (excludes halogenated alkanes) is 2. The SMILES string of the molecule is CCCCCOc1ccc(-c2cccc(S(=O)CC)c2)c2c1[nH]c1ncc(Cl)cc12. The third-order valence-corrected chi connectivity index (χ3v) is 6.72. The highest BCUT2D eigenvalue weighted by atomic mass is 35.5. The summed E-state index contributed by atoms with van der Waals surface area (Å²) in [6, 6.07) is 13.9. The lowest BCUT2D eigenvalue weighted by atomic mass is 9.99. The molecule has 0 saturated heterocycles. The van der Waals surface area contributed by atoms with Crippen LogP contribution in [-0.2, 0) is 10.8 Å². The minimum atomic E-state index is -1.01. The first-order chi connectivity index (χ1) is 14.6. The van der Waals surface area contributed by atoms with Crippen LogP contribution in [0.1, 0.15) is 33.1 Å². The van der Waals surface area contributed by atoms with Crippen molar-refractivity contribution < 1.29 is 8.95 Å². The summed E-state index contributed by atoms with van der Waals surface area (Å²) in [4.78, 5) is 8.72. The summed E-state index contributed by atoms with van der Waals surface area (Å²) >= 11 is 6.27. The van der Waals surface area contributed by atoms with E-state index in [-0.39, 0.29) is 0 Å². The van der Waals surface area contributed by atoms with E-state index < -0.39 is 10.8 Å². The van der Waals surface area contributed by atoms with Crippen LogP contribution >= 0.6 is 11.6 Å². The van der Waals surface area contributed by atoms with Crippen molar-refractivity contribution in [2.45, 2.75) is 38.0 Å². The van der Waals surface area contributed by atoms with Crippen molar-refractivity contribution in [1.82, 2.24) is 9.97 Å². The first-order valence-electron chi connectivity index (χ1n) is 10.3. The van der Waals surface area contributed by atoms with Gasteiger partial charge >= 0.3 is 0 Å². The number of pyridine rings is 1. The molecule has 0 spiro atoms. The number of nitrogens with one attached hydrogen (secondary N) is 1. The van der Waals surface area contributed by atoms with Crippen molar-refractivity contribution in [1.29, 1.82) is 0 Å². The van der Waals surface area contributed by atoms with Crippen LogP contribution < -0.4 is 4.74 Å². The van der Waals surface area contributed by atoms with Gasteiger partial charge in [-0.25, -0.2) is 4.98 Å². The molecule has 2 aromatic carbocycles. The Morgan fingerprint density at radius 2 is 2.00 bits per heavy atom. The van der Waals surface area contributed by atoms with Crippen LogP contribution in [-0.4, -0.2) is 26.5 Å². The average molecular weight is 441 g/mol. The van der Waals surface area contributed by atoms with Crippen molar-refractivity contribution in [3.05, 3.63) is 53.7 Å². The van der Waals surface area contributed by atoms with Gasteiger partial charge in [-0.15, -0.1) is 0 Å². The van der Waals surface area contributed by atoms with Crippen LogP contribution in [0.25, 0.3) is 33.1 Å². The van der Waals surface area contributed by atoms with Crippen LogP contribution in [0.3, 0.4) is 0 Å². The third kappa shape index (κ3) is 4.09. The topological polar surface area (TPSA) is 55.0 Å². The molecule has 30 heavy (non-hydrogen) atoms. The van der Waals surface area contributed by atoms with Gasteiger partial charge in [0, 0.05) is 27.6 Å². The van der Waals surface area contributed by atoms with Gasteiger partial charge in [-0.05, 0) is 47.9 Å². The highest BCUT2D eigenvalue weighted by Gasteiger charge is 2.16. The zero-order valence-electron chi connectivity index (χ0n) is 17.2. The molecule has 6 heteroatoms. The van der Waals surface area contributed by atoms with Crippen LogP contribution in [0.15, 0.2) is 53.6 Å². The molecule has 0 fully saturated rings. The van der Waals surface area contributed by atoms with Gasteiger partial charge < -0.3 is 9.72 Å². The molecule has 0 amide bonds. The lowest BCUT2D eigenvalue weighted by Gasteiger charge is -2.11. The molecule has 0 saturated carbocycles. The van der Waals surface area contributed by atoms with Gasteiger partial charge in [0.05, 0.1) is 27.9 Å². The number of halogens is 1. The predicted molar refractivity (Wildman–Crippen MR) is 126 cm³/mol. The molecule has 1 unspecified atom stereocenters. The number of rotatable bonds is 8. The summed E-state index contributed by atoms with van der Waals surface area (Å²) in [5.41, 5.74) is 3.73. The second-order valence-electron chi connectivity index (χ2n) is 7.25. The van der Waals surface area contributed by atoms with E-state index in [2.05, 4.69) is 23.0 Å². The number of hydrogen-bond acceptors (Lipinski definition) is 3. The smallest absolute Gasteiger partial charge is 0.143 e. The summed E-state index contributed by atoms with van der Waals surface area (Å²) in [5, 5.41) is 2.56. The normalized spacial score (nSPS) is 12.5. The number of benzene rings is 2. The molecular formula is C24H25ClN2O2S. The van der Waals surface area contributed by atoms with Gasteiger partial charge in [0.2, 0.25) is 0 Å². The maximum absolute atomic E-state index is 12.4. The van der Waals surface area contributed by atoms with Crippen molar-refractivity contribution in [3.8, 4) is 16.9 Å². The van der Waals surface area contributed by atoms with Gasteiger partial charge in [0.1, 0.15) is 11.4 Å². The molecule has 4 rings (SSSR count). The van der Waals surface area contributed by atoms with Gasteiger partial charge in [-0.2, -0.15) is 0 Å². The van der Waals surface area contributed by atoms with Crippen LogP contribution in [0.2, 0.25) is 5.02 Å². The minimum absolute atomic E-state index is 0.587. The third-order valence-electron chi connectivity index (χ3n) is 5.21. The van der Waals surface area contributed by atoms with Crippen molar-refractivity contribution in [3.63, 3.8) is 0 Å². The largest absolute Gasteiger partial charge is 0.491 e. The zero-order valence-corrected chi connectivity index (χ0v) is 18.8. The van der Waals surface area contributed by atoms with E-state index in [1.807, 2.05) is 43.3 Å². The van der Waals surface area contributed by atoms with E-state index in [1.165, 1.54) is 0 Å². The fourth-order valence-corrected chi connectivity index (χ4v) is 4.68. The Labute approximate surface area is 184 Å². The van der Waals surface area contributed by atoms with E-state index in [0.29, 0.717) is 17.4 Å². The number of H-pyrrole nitrogens is 1. The second kappa shape index (κ2) is 9.19. The number of ether oxygens (including phenoxy) is 1. The molecule has 1 N–H and O–H groups in total. The standard InChI is InChI=1S/C24H25ClN2O2S/c1-3-5-6-12-29-21-11-10-19(16-8-7-9-18(13-16)30(28)4-2)22-20-14-17(25)15-26-24(20)27-23(21)22/h7-11,13-15H,3-6,12H2,1-2H3,(H,26,27). The molecule has 4 aromatic rings. The van der Waals surface area contributed by atoms with Gasteiger partial charge in [-0.1, -0.05) is 50.4 Å². The Balaban J connectivity index is 1.89. The van der Waals surface area contributed by atoms with Crippen molar-refractivity contribution in [2.75, 3.05) is 12.4 Å². The Morgan fingerprint density at radius 3 is 2.80 bits per heavy atom. The lowest BCUT2D eigenvalue weighted by molar-refractivity contribution is 0.309. The average Bonchev–Trinajstić information content (AvgIpc) is 3.15. The summed E-state index contributed by atoms with van der Waals surface area (Å²) in [6.45, 7) is 4.79. The van der Waals surface area contributed by atoms with Crippen LogP contribution in [0.5, 0.6) is 5.75 Å². The summed E-state index contributed by atoms with van der Waals surface area (Å²) in [7, 11) is -1.01. The molecule has 0 aliphatic carbocycles. The quantitative estimate of drug-likeness (QED) is 0.309. The highest BCUT2D eigenvalue weighted by molar-refractivity contribution is 7.85. The molecule has 2 heterocycles. The Hall–Kier alpha value is -2.37. The van der Waals surface area contributed by atoms with E-state index in [4.69, 9.17) is 16.3 Å². The molecule has 4 nitrogen and oxygen atoms in total. The number of nitrogens with zero attached hydrogens (tertiary/aromatic N) is 1. The lowest BCUT2D eigenvalue weighted by Crippen LogP contribution is -1.98. The van der Waals surface area contributed by atoms with E-state index in [9.17, 15) is 4.21 Å². The minimum Gasteiger partial charge on any atom is -0.491 e. The predicted octanol–water partition coefficient (Wildman–Crippen LogP) is 6.73. The van der Waals surface area contributed by atoms with Crippen LogP contribution in [0.4, 0.5) is 0 Å². The molecule has 2 aromatic heterocycles.